The molecular weight excluding hydrogens is 515 g/mol. The Morgan fingerprint density at radius 1 is 0.829 bits per heavy atom. The third kappa shape index (κ3) is 11.0. The second kappa shape index (κ2) is 16.8. The van der Waals surface area contributed by atoms with Crippen LogP contribution in [-0.2, 0) is 26.0 Å². The van der Waals surface area contributed by atoms with Crippen molar-refractivity contribution in [1.82, 2.24) is 0 Å². The minimum absolute atomic E-state index is 0. The molecule has 0 aliphatic rings. The molecule has 2 aromatic rings. The summed E-state index contributed by atoms with van der Waals surface area (Å²) in [6, 6.07) is 4.26. The topological polar surface area (TPSA) is 91.8 Å². The summed E-state index contributed by atoms with van der Waals surface area (Å²) in [5.74, 6) is -3.63. The van der Waals surface area contributed by atoms with E-state index in [-0.39, 0.29) is 58.5 Å². The maximum absolute atomic E-state index is 13.9. The first-order valence-corrected chi connectivity index (χ1v) is 9.58. The monoisotopic (exact) mass is 545 g/mol. The zero-order chi connectivity index (χ0) is 24.6. The summed E-state index contributed by atoms with van der Waals surface area (Å²) in [7, 11) is 2.67. The van der Waals surface area contributed by atoms with E-state index < -0.39 is 34.6 Å². The van der Waals surface area contributed by atoms with Gasteiger partial charge in [-0.3, -0.25) is 4.79 Å². The van der Waals surface area contributed by atoms with Crippen molar-refractivity contribution in [2.45, 2.75) is 34.6 Å². The summed E-state index contributed by atoms with van der Waals surface area (Å²) in [5.41, 5.74) is -0.357. The molecule has 0 heterocycles. The first kappa shape index (κ1) is 36.8. The summed E-state index contributed by atoms with van der Waals surface area (Å²) in [5, 5.41) is 0. The number of benzene rings is 2. The van der Waals surface area contributed by atoms with Crippen molar-refractivity contribution in [3.8, 4) is 5.75 Å². The van der Waals surface area contributed by atoms with E-state index in [1.54, 1.807) is 20.8 Å². The van der Waals surface area contributed by atoms with E-state index >= 15 is 0 Å². The van der Waals surface area contributed by atoms with Crippen LogP contribution in [0.1, 0.15) is 33.3 Å². The van der Waals surface area contributed by atoms with E-state index in [1.165, 1.54) is 28.1 Å². The van der Waals surface area contributed by atoms with E-state index in [0.717, 1.165) is 24.3 Å². The Morgan fingerprint density at radius 2 is 1.17 bits per heavy atom. The minimum Gasteiger partial charge on any atom is -0.497 e. The molecule has 0 aromatic heterocycles. The molecule has 2 aromatic carbocycles. The number of halogens is 4. The first-order chi connectivity index (χ1) is 14.9. The fourth-order valence-corrected chi connectivity index (χ4v) is 2.30. The number of methoxy groups -OCH3 is 2. The van der Waals surface area contributed by atoms with Gasteiger partial charge in [-0.1, -0.05) is 13.8 Å². The van der Waals surface area contributed by atoms with Crippen LogP contribution in [0.4, 0.5) is 28.9 Å². The van der Waals surface area contributed by atoms with Gasteiger partial charge in [-0.2, -0.15) is 0 Å². The number of aliphatic imine (C=N–C) groups is 2. The number of carbonyl (C=O) groups excluding carboxylic acids is 1. The van der Waals surface area contributed by atoms with Crippen LogP contribution in [-0.4, -0.2) is 37.1 Å². The van der Waals surface area contributed by atoms with Crippen LogP contribution < -0.4 is 4.74 Å². The molecule has 0 saturated heterocycles. The molecule has 0 unspecified atom stereocenters. The van der Waals surface area contributed by atoms with Crippen LogP contribution in [0.15, 0.2) is 34.3 Å². The molecule has 0 fully saturated rings. The summed E-state index contributed by atoms with van der Waals surface area (Å²) in [6.45, 7) is 8.02. The van der Waals surface area contributed by atoms with Crippen molar-refractivity contribution >= 4 is 28.8 Å². The van der Waals surface area contributed by atoms with Gasteiger partial charge in [0, 0.05) is 28.6 Å². The maximum Gasteiger partial charge on any atom is 0.308 e. The van der Waals surface area contributed by atoms with Crippen LogP contribution in [0, 0.1) is 43.5 Å². The summed E-state index contributed by atoms with van der Waals surface area (Å²) in [4.78, 5) is 18.0. The number of nitrogens with zero attached hydrogens (tertiary/aromatic N) is 2. The van der Waals surface area contributed by atoms with Gasteiger partial charge in [0.2, 0.25) is 0 Å². The maximum atomic E-state index is 13.9. The average Bonchev–Trinajstić information content (AvgIpc) is 2.72. The molecular formula is C24H31F4N2NiO4-. The Bertz CT molecular complexity index is 998. The molecule has 11 heteroatoms. The predicted octanol–water partition coefficient (Wildman–Crippen LogP) is 5.88. The standard InChI is InChI=1S/C18H16F4N2O.C5H10O2.CH3.Ni.H2O/c1-9-5-13(19)17(14(20)6-9)23-10(2)11(3)24-18-15(21)7-12(25-4)8-16(18)22;1-4(2)5(6)7-3;;;/h5-8H,1-4H3;4H,1-3H3;1H3;;1H2/q;;-1;;. The Balaban J connectivity index is -0.000000901. The summed E-state index contributed by atoms with van der Waals surface area (Å²) in [6.07, 6.45) is 0. The van der Waals surface area contributed by atoms with Gasteiger partial charge in [0.25, 0.3) is 0 Å². The smallest absolute Gasteiger partial charge is 0.308 e. The molecule has 35 heavy (non-hydrogen) atoms. The van der Waals surface area contributed by atoms with Crippen molar-refractivity contribution in [2.75, 3.05) is 14.2 Å². The summed E-state index contributed by atoms with van der Waals surface area (Å²) >= 11 is 0. The number of rotatable bonds is 5. The van der Waals surface area contributed by atoms with Crippen molar-refractivity contribution in [1.29, 1.82) is 0 Å². The van der Waals surface area contributed by atoms with E-state index in [4.69, 9.17) is 4.74 Å². The Labute approximate surface area is 213 Å². The average molecular weight is 546 g/mol. The Hall–Kier alpha value is -2.78. The van der Waals surface area contributed by atoms with Gasteiger partial charge >= 0.3 is 5.97 Å². The molecule has 0 amide bonds. The predicted molar refractivity (Wildman–Crippen MR) is 126 cm³/mol. The zero-order valence-electron chi connectivity index (χ0n) is 20.8. The number of carbonyl (C=O) groups is 1. The SMILES string of the molecule is COC(=O)C(C)C.COc1cc(F)c(N=C(C)C(C)=Nc2c(F)cc(C)cc2F)c(F)c1.O.[CH3-].[Ni]. The summed E-state index contributed by atoms with van der Waals surface area (Å²) < 4.78 is 64.7. The zero-order valence-corrected chi connectivity index (χ0v) is 21.8. The van der Waals surface area contributed by atoms with Gasteiger partial charge in [0.15, 0.2) is 23.3 Å². The fraction of sp³-hybridized carbons (Fsp3) is 0.333. The normalized spacial score (nSPS) is 10.7. The molecule has 0 aliphatic carbocycles. The Kier molecular flexibility index (Phi) is 17.6. The van der Waals surface area contributed by atoms with Crippen molar-refractivity contribution in [3.63, 3.8) is 0 Å². The van der Waals surface area contributed by atoms with Gasteiger partial charge in [0.1, 0.15) is 17.1 Å². The van der Waals surface area contributed by atoms with Crippen LogP contribution in [0.3, 0.4) is 0 Å². The van der Waals surface area contributed by atoms with Crippen molar-refractivity contribution in [3.05, 3.63) is 60.5 Å². The fourth-order valence-electron chi connectivity index (χ4n) is 2.30. The van der Waals surface area contributed by atoms with Crippen LogP contribution in [0.5, 0.6) is 5.75 Å². The quantitative estimate of drug-likeness (QED) is 0.154. The van der Waals surface area contributed by atoms with Gasteiger partial charge < -0.3 is 22.4 Å². The molecule has 0 bridgehead atoms. The van der Waals surface area contributed by atoms with E-state index in [0.29, 0.717) is 5.56 Å². The molecule has 0 atom stereocenters. The first-order valence-electron chi connectivity index (χ1n) is 9.58. The molecule has 2 N–H and O–H groups in total. The number of ether oxygens (including phenoxy) is 2. The number of hydrogen-bond donors (Lipinski definition) is 0. The second-order valence-electron chi connectivity index (χ2n) is 7.09. The number of aryl methyl sites for hydroxylation is 1. The third-order valence-corrected chi connectivity index (χ3v) is 4.14. The van der Waals surface area contributed by atoms with Crippen LogP contribution >= 0.6 is 0 Å². The molecule has 2 rings (SSSR count). The van der Waals surface area contributed by atoms with E-state index in [9.17, 15) is 22.4 Å². The van der Waals surface area contributed by atoms with Gasteiger partial charge in [-0.15, -0.1) is 0 Å². The van der Waals surface area contributed by atoms with Crippen LogP contribution in [0.25, 0.3) is 0 Å². The van der Waals surface area contributed by atoms with Crippen molar-refractivity contribution in [2.24, 2.45) is 15.9 Å². The third-order valence-electron chi connectivity index (χ3n) is 4.14. The number of hydrogen-bond acceptors (Lipinski definition) is 5. The van der Waals surface area contributed by atoms with Crippen LogP contribution in [0.2, 0.25) is 0 Å². The largest absolute Gasteiger partial charge is 0.497 e. The van der Waals surface area contributed by atoms with Gasteiger partial charge in [0.05, 0.1) is 31.6 Å². The van der Waals surface area contributed by atoms with Gasteiger partial charge in [-0.05, 0) is 38.5 Å². The van der Waals surface area contributed by atoms with Crippen molar-refractivity contribution < 1.29 is 53.8 Å². The molecule has 0 aliphatic heterocycles. The molecule has 0 spiro atoms. The number of esters is 1. The molecule has 0 saturated carbocycles. The molecule has 0 radical (unpaired) electrons. The van der Waals surface area contributed by atoms with E-state index in [1.807, 2.05) is 0 Å². The second-order valence-corrected chi connectivity index (χ2v) is 7.09. The van der Waals surface area contributed by atoms with Gasteiger partial charge in [-0.25, -0.2) is 27.5 Å². The Morgan fingerprint density at radius 3 is 1.43 bits per heavy atom. The van der Waals surface area contributed by atoms with E-state index in [2.05, 4.69) is 14.7 Å². The molecule has 200 valence electrons. The minimum atomic E-state index is -0.920. The molecule has 6 nitrogen and oxygen atoms in total.